The number of nitrogens with one attached hydrogen (secondary N) is 1. The highest BCUT2D eigenvalue weighted by atomic mass is 32.2. The summed E-state index contributed by atoms with van der Waals surface area (Å²) in [5, 5.41) is 2.88. The van der Waals surface area contributed by atoms with Crippen LogP contribution in [0.1, 0.15) is 0 Å². The van der Waals surface area contributed by atoms with E-state index in [-0.39, 0.29) is 13.1 Å². The SMILES string of the molecule is O=C(OC(CS(=O)(=O)O)C(F)(F)F)N1CCNCC1. The summed E-state index contributed by atoms with van der Waals surface area (Å²) in [5.41, 5.74) is 0. The Kier molecular flexibility index (Phi) is 4.98. The molecule has 7 nitrogen and oxygen atoms in total. The Morgan fingerprint density at radius 2 is 1.89 bits per heavy atom. The summed E-state index contributed by atoms with van der Waals surface area (Å²) in [4.78, 5) is 12.5. The molecule has 19 heavy (non-hydrogen) atoms. The van der Waals surface area contributed by atoms with E-state index in [1.54, 1.807) is 0 Å². The summed E-state index contributed by atoms with van der Waals surface area (Å²) in [5.74, 6) is -1.71. The van der Waals surface area contributed by atoms with E-state index in [9.17, 15) is 26.4 Å². The molecule has 1 saturated heterocycles. The molecule has 0 bridgehead atoms. The molecule has 112 valence electrons. The van der Waals surface area contributed by atoms with Gasteiger partial charge < -0.3 is 15.0 Å². The number of hydrogen-bond donors (Lipinski definition) is 2. The lowest BCUT2D eigenvalue weighted by atomic mass is 10.4. The van der Waals surface area contributed by atoms with Gasteiger partial charge in [0.1, 0.15) is 5.75 Å². The van der Waals surface area contributed by atoms with Crippen molar-refractivity contribution in [3.05, 3.63) is 0 Å². The molecule has 0 aromatic rings. The smallest absolute Gasteiger partial charge is 0.426 e. The van der Waals surface area contributed by atoms with Gasteiger partial charge in [0.05, 0.1) is 0 Å². The summed E-state index contributed by atoms with van der Waals surface area (Å²) in [6.45, 7) is 1.14. The van der Waals surface area contributed by atoms with Gasteiger partial charge in [-0.1, -0.05) is 0 Å². The van der Waals surface area contributed by atoms with E-state index in [1.807, 2.05) is 0 Å². The van der Waals surface area contributed by atoms with Gasteiger partial charge >= 0.3 is 12.3 Å². The molecule has 0 aromatic heterocycles. The minimum atomic E-state index is -5.07. The number of amides is 1. The molecule has 11 heteroatoms. The van der Waals surface area contributed by atoms with Crippen molar-refractivity contribution in [2.45, 2.75) is 12.3 Å². The number of nitrogens with zero attached hydrogens (tertiary/aromatic N) is 1. The van der Waals surface area contributed by atoms with Crippen molar-refractivity contribution >= 4 is 16.2 Å². The third-order valence-corrected chi connectivity index (χ3v) is 3.07. The van der Waals surface area contributed by atoms with Gasteiger partial charge in [0.15, 0.2) is 0 Å². The first-order valence-corrected chi connectivity index (χ1v) is 6.88. The molecule has 0 aliphatic carbocycles. The fourth-order valence-corrected chi connectivity index (χ4v) is 2.07. The summed E-state index contributed by atoms with van der Waals surface area (Å²) >= 11 is 0. The van der Waals surface area contributed by atoms with Crippen molar-refractivity contribution in [3.8, 4) is 0 Å². The van der Waals surface area contributed by atoms with Crippen LogP contribution >= 0.6 is 0 Å². The first-order chi connectivity index (χ1) is 8.59. The zero-order chi connectivity index (χ0) is 14.7. The number of rotatable bonds is 3. The first kappa shape index (κ1) is 16.0. The predicted octanol–water partition coefficient (Wildman–Crippen LogP) is -0.153. The molecule has 1 heterocycles. The quantitative estimate of drug-likeness (QED) is 0.704. The molecule has 0 spiro atoms. The van der Waals surface area contributed by atoms with Crippen LogP contribution in [0.5, 0.6) is 0 Å². The second-order valence-electron chi connectivity index (χ2n) is 3.90. The molecule has 1 unspecified atom stereocenters. The van der Waals surface area contributed by atoms with Crippen molar-refractivity contribution in [1.29, 1.82) is 0 Å². The Morgan fingerprint density at radius 1 is 1.37 bits per heavy atom. The third kappa shape index (κ3) is 5.61. The van der Waals surface area contributed by atoms with Gasteiger partial charge in [0.2, 0.25) is 6.10 Å². The van der Waals surface area contributed by atoms with Gasteiger partial charge in [-0.05, 0) is 0 Å². The van der Waals surface area contributed by atoms with Crippen molar-refractivity contribution in [3.63, 3.8) is 0 Å². The van der Waals surface area contributed by atoms with Crippen LogP contribution in [0.15, 0.2) is 0 Å². The number of alkyl halides is 3. The number of carbonyl (C=O) groups excluding carboxylic acids is 1. The lowest BCUT2D eigenvalue weighted by Crippen LogP contribution is -2.49. The van der Waals surface area contributed by atoms with Crippen molar-refractivity contribution < 1.29 is 35.7 Å². The fraction of sp³-hybridized carbons (Fsp3) is 0.875. The van der Waals surface area contributed by atoms with Gasteiger partial charge in [0, 0.05) is 26.2 Å². The summed E-state index contributed by atoms with van der Waals surface area (Å²) in [6, 6.07) is 0. The van der Waals surface area contributed by atoms with Crippen LogP contribution in [0.2, 0.25) is 0 Å². The molecule has 1 fully saturated rings. The lowest BCUT2D eigenvalue weighted by Gasteiger charge is -2.29. The number of ether oxygens (including phenoxy) is 1. The number of piperazine rings is 1. The molecule has 0 radical (unpaired) electrons. The number of carbonyl (C=O) groups is 1. The molecule has 2 N–H and O–H groups in total. The van der Waals surface area contributed by atoms with E-state index >= 15 is 0 Å². The van der Waals surface area contributed by atoms with E-state index in [4.69, 9.17) is 4.55 Å². The van der Waals surface area contributed by atoms with Gasteiger partial charge in [-0.25, -0.2) is 4.79 Å². The highest BCUT2D eigenvalue weighted by Gasteiger charge is 2.46. The van der Waals surface area contributed by atoms with Gasteiger partial charge in [-0.3, -0.25) is 4.55 Å². The molecule has 1 amide bonds. The molecule has 0 aromatic carbocycles. The standard InChI is InChI=1S/C8H13F3N2O5S/c9-8(10,11)6(5-19(15,16)17)18-7(14)13-3-1-12-2-4-13/h6,12H,1-5H2,(H,15,16,17). The number of hydrogen-bond acceptors (Lipinski definition) is 5. The molecule has 1 rings (SSSR count). The van der Waals surface area contributed by atoms with E-state index in [1.165, 1.54) is 0 Å². The summed E-state index contributed by atoms with van der Waals surface area (Å²) in [6.07, 6.45) is -9.21. The van der Waals surface area contributed by atoms with E-state index < -0.39 is 34.2 Å². The van der Waals surface area contributed by atoms with Crippen molar-refractivity contribution in [2.24, 2.45) is 0 Å². The minimum absolute atomic E-state index is 0.162. The molecule has 1 aliphatic rings. The van der Waals surface area contributed by atoms with E-state index in [2.05, 4.69) is 10.1 Å². The van der Waals surface area contributed by atoms with Gasteiger partial charge in [0.25, 0.3) is 10.1 Å². The zero-order valence-corrected chi connectivity index (χ0v) is 10.5. The molecule has 0 saturated carbocycles. The molecular weight excluding hydrogens is 293 g/mol. The third-order valence-electron chi connectivity index (χ3n) is 2.35. The predicted molar refractivity (Wildman–Crippen MR) is 57.2 cm³/mol. The van der Waals surface area contributed by atoms with Gasteiger partial charge in [-0.15, -0.1) is 0 Å². The van der Waals surface area contributed by atoms with Crippen molar-refractivity contribution in [2.75, 3.05) is 31.9 Å². The lowest BCUT2D eigenvalue weighted by molar-refractivity contribution is -0.198. The van der Waals surface area contributed by atoms with Crippen LogP contribution in [0.4, 0.5) is 18.0 Å². The van der Waals surface area contributed by atoms with Crippen LogP contribution in [-0.4, -0.2) is 68.2 Å². The van der Waals surface area contributed by atoms with E-state index in [0.29, 0.717) is 13.1 Å². The fourth-order valence-electron chi connectivity index (χ4n) is 1.43. The minimum Gasteiger partial charge on any atom is -0.435 e. The first-order valence-electron chi connectivity index (χ1n) is 5.28. The average Bonchev–Trinajstić information content (AvgIpc) is 2.26. The zero-order valence-electron chi connectivity index (χ0n) is 9.68. The Labute approximate surface area is 107 Å². The molecule has 1 aliphatic heterocycles. The average molecular weight is 306 g/mol. The number of halogens is 3. The van der Waals surface area contributed by atoms with Gasteiger partial charge in [-0.2, -0.15) is 21.6 Å². The second kappa shape index (κ2) is 5.92. The maximum absolute atomic E-state index is 12.5. The van der Waals surface area contributed by atoms with Crippen LogP contribution < -0.4 is 5.32 Å². The normalized spacial score (nSPS) is 19.1. The van der Waals surface area contributed by atoms with E-state index in [0.717, 1.165) is 4.90 Å². The maximum Gasteiger partial charge on any atom is 0.426 e. The molecular formula is C8H13F3N2O5S. The van der Waals surface area contributed by atoms with Crippen LogP contribution in [0, 0.1) is 0 Å². The highest BCUT2D eigenvalue weighted by Crippen LogP contribution is 2.24. The Bertz CT molecular complexity index is 419. The van der Waals surface area contributed by atoms with Crippen LogP contribution in [0.25, 0.3) is 0 Å². The maximum atomic E-state index is 12.5. The Morgan fingerprint density at radius 3 is 2.32 bits per heavy atom. The Balaban J connectivity index is 2.69. The Hall–Kier alpha value is -1.07. The second-order valence-corrected chi connectivity index (χ2v) is 5.40. The topological polar surface area (TPSA) is 95.9 Å². The monoisotopic (exact) mass is 306 g/mol. The largest absolute Gasteiger partial charge is 0.435 e. The molecule has 1 atom stereocenters. The summed E-state index contributed by atoms with van der Waals surface area (Å²) in [7, 11) is -4.91. The van der Waals surface area contributed by atoms with Crippen molar-refractivity contribution in [1.82, 2.24) is 10.2 Å². The van der Waals surface area contributed by atoms with Crippen LogP contribution in [-0.2, 0) is 14.9 Å². The van der Waals surface area contributed by atoms with Crippen LogP contribution in [0.3, 0.4) is 0 Å². The summed E-state index contributed by atoms with van der Waals surface area (Å²) < 4.78 is 71.0. The highest BCUT2D eigenvalue weighted by molar-refractivity contribution is 7.85.